The highest BCUT2D eigenvalue weighted by molar-refractivity contribution is 6.48. The van der Waals surface area contributed by atoms with Gasteiger partial charge in [-0.2, -0.15) is 0 Å². The van der Waals surface area contributed by atoms with Crippen molar-refractivity contribution < 1.29 is 9.59 Å². The van der Waals surface area contributed by atoms with Crippen molar-refractivity contribution in [3.63, 3.8) is 0 Å². The third-order valence-corrected chi connectivity index (χ3v) is 5.41. The number of hydrogen-bond acceptors (Lipinski definition) is 3. The highest BCUT2D eigenvalue weighted by atomic mass is 35.5. The van der Waals surface area contributed by atoms with E-state index in [1.54, 1.807) is 42.5 Å². The Morgan fingerprint density at radius 2 is 1.48 bits per heavy atom. The first-order chi connectivity index (χ1) is 14.0. The van der Waals surface area contributed by atoms with Crippen LogP contribution in [0.1, 0.15) is 11.1 Å². The topological polar surface area (TPSA) is 49.4 Å². The minimum absolute atomic E-state index is 0.182. The van der Waals surface area contributed by atoms with Crippen LogP contribution in [0.5, 0.6) is 0 Å². The highest BCUT2D eigenvalue weighted by Crippen LogP contribution is 2.36. The monoisotopic (exact) mass is 422 g/mol. The van der Waals surface area contributed by atoms with Gasteiger partial charge in [-0.25, -0.2) is 4.90 Å². The van der Waals surface area contributed by atoms with Crippen molar-refractivity contribution >= 4 is 52.0 Å². The van der Waals surface area contributed by atoms with E-state index >= 15 is 0 Å². The van der Waals surface area contributed by atoms with Crippen molar-refractivity contribution in [2.45, 2.75) is 6.92 Å². The molecule has 1 N–H and O–H groups in total. The van der Waals surface area contributed by atoms with Crippen LogP contribution in [-0.2, 0) is 9.59 Å². The number of carbonyl (C=O) groups excluding carboxylic acids is 2. The van der Waals surface area contributed by atoms with Crippen LogP contribution in [0.3, 0.4) is 0 Å². The van der Waals surface area contributed by atoms with E-state index in [1.165, 1.54) is 0 Å². The predicted octanol–water partition coefficient (Wildman–Crippen LogP) is 5.70. The molecular formula is C23H16Cl2N2O2. The molecule has 0 unspecified atom stereocenters. The molecule has 3 aromatic rings. The van der Waals surface area contributed by atoms with Crippen molar-refractivity contribution in [2.75, 3.05) is 10.2 Å². The Morgan fingerprint density at radius 1 is 0.793 bits per heavy atom. The van der Waals surface area contributed by atoms with E-state index in [0.29, 0.717) is 27.0 Å². The van der Waals surface area contributed by atoms with Gasteiger partial charge < -0.3 is 5.32 Å². The second kappa shape index (κ2) is 7.74. The fraction of sp³-hybridized carbons (Fsp3) is 0.0435. The standard InChI is InChI=1S/C23H16Cl2N2O2/c1-14-11-12-16(13-18(14)25)26-21-20(15-7-3-2-4-8-15)22(28)27(23(21)29)19-10-6-5-9-17(19)24/h2-13,26H,1H3. The minimum Gasteiger partial charge on any atom is -0.350 e. The summed E-state index contributed by atoms with van der Waals surface area (Å²) in [6.07, 6.45) is 0. The smallest absolute Gasteiger partial charge is 0.282 e. The van der Waals surface area contributed by atoms with Gasteiger partial charge in [0.15, 0.2) is 0 Å². The molecule has 0 radical (unpaired) electrons. The number of amides is 2. The van der Waals surface area contributed by atoms with E-state index in [2.05, 4.69) is 5.32 Å². The van der Waals surface area contributed by atoms with Crippen LogP contribution in [0.15, 0.2) is 78.5 Å². The van der Waals surface area contributed by atoms with Gasteiger partial charge in [-0.05, 0) is 42.3 Å². The quantitative estimate of drug-likeness (QED) is 0.548. The molecule has 3 aromatic carbocycles. The van der Waals surface area contributed by atoms with Crippen molar-refractivity contribution in [1.82, 2.24) is 0 Å². The number of imide groups is 1. The lowest BCUT2D eigenvalue weighted by atomic mass is 10.0. The Bertz CT molecular complexity index is 1160. The Kier molecular flexibility index (Phi) is 5.14. The molecule has 0 saturated heterocycles. The maximum atomic E-state index is 13.3. The molecule has 29 heavy (non-hydrogen) atoms. The third kappa shape index (κ3) is 3.53. The average molecular weight is 423 g/mol. The number of para-hydroxylation sites is 1. The molecule has 1 aliphatic heterocycles. The minimum atomic E-state index is -0.473. The number of hydrogen-bond donors (Lipinski definition) is 1. The fourth-order valence-electron chi connectivity index (χ4n) is 3.19. The molecule has 1 aliphatic rings. The highest BCUT2D eigenvalue weighted by Gasteiger charge is 2.41. The molecule has 2 amide bonds. The number of halogens is 2. The molecule has 0 saturated carbocycles. The molecule has 144 valence electrons. The van der Waals surface area contributed by atoms with Crippen molar-refractivity contribution in [1.29, 1.82) is 0 Å². The van der Waals surface area contributed by atoms with E-state index in [0.717, 1.165) is 10.5 Å². The maximum Gasteiger partial charge on any atom is 0.282 e. The van der Waals surface area contributed by atoms with Crippen LogP contribution in [0.2, 0.25) is 10.0 Å². The first-order valence-corrected chi connectivity index (χ1v) is 9.69. The van der Waals surface area contributed by atoms with Crippen LogP contribution in [0.4, 0.5) is 11.4 Å². The van der Waals surface area contributed by atoms with Crippen LogP contribution in [0.25, 0.3) is 5.57 Å². The summed E-state index contributed by atoms with van der Waals surface area (Å²) in [5.74, 6) is -0.909. The van der Waals surface area contributed by atoms with Gasteiger partial charge in [0.05, 0.1) is 16.3 Å². The summed E-state index contributed by atoms with van der Waals surface area (Å²) >= 11 is 12.5. The number of rotatable bonds is 4. The van der Waals surface area contributed by atoms with Crippen molar-refractivity contribution in [3.8, 4) is 0 Å². The lowest BCUT2D eigenvalue weighted by Crippen LogP contribution is -2.32. The average Bonchev–Trinajstić information content (AvgIpc) is 2.96. The summed E-state index contributed by atoms with van der Waals surface area (Å²) < 4.78 is 0. The molecule has 0 bridgehead atoms. The summed E-state index contributed by atoms with van der Waals surface area (Å²) in [6, 6.07) is 21.2. The lowest BCUT2D eigenvalue weighted by molar-refractivity contribution is -0.120. The van der Waals surface area contributed by atoms with E-state index in [-0.39, 0.29) is 11.3 Å². The fourth-order valence-corrected chi connectivity index (χ4v) is 3.59. The summed E-state index contributed by atoms with van der Waals surface area (Å²) in [6.45, 7) is 1.89. The van der Waals surface area contributed by atoms with Gasteiger partial charge in [0, 0.05) is 10.7 Å². The normalized spacial score (nSPS) is 14.0. The van der Waals surface area contributed by atoms with Crippen molar-refractivity contribution in [2.24, 2.45) is 0 Å². The number of aryl methyl sites for hydroxylation is 1. The molecule has 0 fully saturated rings. The number of nitrogens with zero attached hydrogens (tertiary/aromatic N) is 1. The largest absolute Gasteiger partial charge is 0.350 e. The number of anilines is 2. The Hall–Kier alpha value is -3.08. The molecule has 0 aliphatic carbocycles. The van der Waals surface area contributed by atoms with Gasteiger partial charge >= 0.3 is 0 Å². The summed E-state index contributed by atoms with van der Waals surface area (Å²) in [4.78, 5) is 27.7. The predicted molar refractivity (Wildman–Crippen MR) is 117 cm³/mol. The van der Waals surface area contributed by atoms with Crippen molar-refractivity contribution in [3.05, 3.63) is 99.7 Å². The van der Waals surface area contributed by atoms with Crippen LogP contribution in [-0.4, -0.2) is 11.8 Å². The van der Waals surface area contributed by atoms with Crippen LogP contribution < -0.4 is 10.2 Å². The molecule has 0 spiro atoms. The SMILES string of the molecule is Cc1ccc(NC2=C(c3ccccc3)C(=O)N(c3ccccc3Cl)C2=O)cc1Cl. The molecule has 0 aromatic heterocycles. The maximum absolute atomic E-state index is 13.3. The first-order valence-electron chi connectivity index (χ1n) is 8.93. The molecule has 4 nitrogen and oxygen atoms in total. The van der Waals surface area contributed by atoms with Crippen LogP contribution >= 0.6 is 23.2 Å². The first kappa shape index (κ1) is 19.2. The van der Waals surface area contributed by atoms with Crippen LogP contribution in [0, 0.1) is 6.92 Å². The second-order valence-corrected chi connectivity index (χ2v) is 7.42. The zero-order valence-corrected chi connectivity index (χ0v) is 17.0. The number of benzene rings is 3. The van der Waals surface area contributed by atoms with Gasteiger partial charge in [0.2, 0.25) is 0 Å². The lowest BCUT2D eigenvalue weighted by Gasteiger charge is -2.16. The van der Waals surface area contributed by atoms with Gasteiger partial charge in [0.1, 0.15) is 5.70 Å². The Morgan fingerprint density at radius 3 is 2.17 bits per heavy atom. The van der Waals surface area contributed by atoms with E-state index < -0.39 is 11.8 Å². The van der Waals surface area contributed by atoms with E-state index in [9.17, 15) is 9.59 Å². The summed E-state index contributed by atoms with van der Waals surface area (Å²) in [5, 5.41) is 3.98. The summed E-state index contributed by atoms with van der Waals surface area (Å²) in [5.41, 5.74) is 2.98. The third-order valence-electron chi connectivity index (χ3n) is 4.68. The zero-order valence-electron chi connectivity index (χ0n) is 15.4. The van der Waals surface area contributed by atoms with Gasteiger partial charge in [-0.3, -0.25) is 9.59 Å². The van der Waals surface area contributed by atoms with E-state index in [1.807, 2.05) is 37.3 Å². The van der Waals surface area contributed by atoms with Gasteiger partial charge in [-0.1, -0.05) is 71.7 Å². The summed E-state index contributed by atoms with van der Waals surface area (Å²) in [7, 11) is 0. The van der Waals surface area contributed by atoms with E-state index in [4.69, 9.17) is 23.2 Å². The molecule has 0 atom stereocenters. The Balaban J connectivity index is 1.84. The Labute approximate surface area is 178 Å². The van der Waals surface area contributed by atoms with Gasteiger partial charge in [-0.15, -0.1) is 0 Å². The molecule has 4 rings (SSSR count). The number of nitrogens with one attached hydrogen (secondary N) is 1. The number of carbonyl (C=O) groups is 2. The molecular weight excluding hydrogens is 407 g/mol. The molecule has 6 heteroatoms. The van der Waals surface area contributed by atoms with Gasteiger partial charge in [0.25, 0.3) is 11.8 Å². The zero-order chi connectivity index (χ0) is 20.5. The second-order valence-electron chi connectivity index (χ2n) is 6.60. The molecule has 1 heterocycles.